The van der Waals surface area contributed by atoms with Crippen LogP contribution in [0.2, 0.25) is 0 Å². The summed E-state index contributed by atoms with van der Waals surface area (Å²) in [5.41, 5.74) is 3.91. The quantitative estimate of drug-likeness (QED) is 0.251. The Balaban J connectivity index is 1.49. The van der Waals surface area contributed by atoms with Crippen LogP contribution in [0.5, 0.6) is 5.75 Å². The first-order chi connectivity index (χ1) is 15.6. The molecule has 1 aliphatic rings. The Hall–Kier alpha value is -2.60. The van der Waals surface area contributed by atoms with Crippen LogP contribution in [0, 0.1) is 0 Å². The largest absolute Gasteiger partial charge is 0.427 e. The minimum absolute atomic E-state index is 0.119. The van der Waals surface area contributed by atoms with Gasteiger partial charge in [0.25, 0.3) is 5.91 Å². The molecule has 2 aromatic rings. The highest BCUT2D eigenvalue weighted by atomic mass is 79.9. The minimum atomic E-state index is -3.56. The lowest BCUT2D eigenvalue weighted by atomic mass is 10.1. The number of nitrogens with one attached hydrogen (secondary N) is 1. The summed E-state index contributed by atoms with van der Waals surface area (Å²) in [5.74, 6) is -0.244. The molecule has 3 rings (SSSR count). The topological polar surface area (TPSA) is 108 Å². The number of carbonyl (C=O) groups is 2. The molecule has 0 radical (unpaired) electrons. The van der Waals surface area contributed by atoms with Crippen LogP contribution in [0.1, 0.15) is 19.4 Å². The van der Waals surface area contributed by atoms with Crippen LogP contribution < -0.4 is 10.2 Å². The van der Waals surface area contributed by atoms with Crippen molar-refractivity contribution in [1.82, 2.24) is 14.6 Å². The van der Waals surface area contributed by atoms with E-state index < -0.39 is 16.0 Å². The van der Waals surface area contributed by atoms with Crippen molar-refractivity contribution in [3.8, 4) is 5.75 Å². The van der Waals surface area contributed by atoms with Gasteiger partial charge < -0.3 is 4.74 Å². The Morgan fingerprint density at radius 3 is 2.18 bits per heavy atom. The highest BCUT2D eigenvalue weighted by Crippen LogP contribution is 2.20. The number of nitrogens with zero attached hydrogens (tertiary/aromatic N) is 3. The van der Waals surface area contributed by atoms with E-state index in [0.717, 1.165) is 10.0 Å². The molecule has 1 fully saturated rings. The fourth-order valence-electron chi connectivity index (χ4n) is 3.26. The highest BCUT2D eigenvalue weighted by molar-refractivity contribution is 9.10. The summed E-state index contributed by atoms with van der Waals surface area (Å²) in [6, 6.07) is 13.3. The SMILES string of the molecule is CC(=O)Oc1ccc(C(C)=NNC(=O)CN2CCN(S(=O)(=O)c3ccc(Br)cc3)CC2)cc1. The molecule has 0 aromatic heterocycles. The van der Waals surface area contributed by atoms with E-state index in [9.17, 15) is 18.0 Å². The van der Waals surface area contributed by atoms with Gasteiger partial charge in [0.15, 0.2) is 0 Å². The lowest BCUT2D eigenvalue weighted by Crippen LogP contribution is -2.50. The predicted molar refractivity (Wildman–Crippen MR) is 127 cm³/mol. The molecule has 33 heavy (non-hydrogen) atoms. The molecular weight excluding hydrogens is 512 g/mol. The standard InChI is InChI=1S/C22H25BrN4O5S/c1-16(18-3-7-20(8-4-18)32-17(2)28)24-25-22(29)15-26-11-13-27(14-12-26)33(30,31)21-9-5-19(23)6-10-21/h3-10H,11-15H2,1-2H3,(H,25,29). The molecule has 0 atom stereocenters. The molecule has 0 aliphatic carbocycles. The molecule has 2 aromatic carbocycles. The van der Waals surface area contributed by atoms with Crippen molar-refractivity contribution in [2.24, 2.45) is 5.10 Å². The van der Waals surface area contributed by atoms with Crippen LogP contribution in [-0.4, -0.2) is 67.9 Å². The maximum absolute atomic E-state index is 12.8. The lowest BCUT2D eigenvalue weighted by Gasteiger charge is -2.33. The molecule has 9 nitrogen and oxygen atoms in total. The third-order valence-corrected chi connectivity index (χ3v) is 7.47. The van der Waals surface area contributed by atoms with Crippen molar-refractivity contribution >= 4 is 43.5 Å². The van der Waals surface area contributed by atoms with Gasteiger partial charge in [-0.05, 0) is 61.0 Å². The molecule has 0 saturated carbocycles. The Bertz CT molecular complexity index is 1130. The summed E-state index contributed by atoms with van der Waals surface area (Å²) in [4.78, 5) is 25.4. The number of amides is 1. The third kappa shape index (κ3) is 6.94. The summed E-state index contributed by atoms with van der Waals surface area (Å²) >= 11 is 3.31. The van der Waals surface area contributed by atoms with E-state index in [1.54, 1.807) is 55.5 Å². The van der Waals surface area contributed by atoms with Gasteiger partial charge >= 0.3 is 5.97 Å². The Morgan fingerprint density at radius 1 is 1.00 bits per heavy atom. The van der Waals surface area contributed by atoms with Gasteiger partial charge in [0.05, 0.1) is 17.2 Å². The number of esters is 1. The van der Waals surface area contributed by atoms with Crippen molar-refractivity contribution in [1.29, 1.82) is 0 Å². The van der Waals surface area contributed by atoms with Crippen LogP contribution in [0.15, 0.2) is 63.0 Å². The first-order valence-electron chi connectivity index (χ1n) is 10.3. The number of hydrogen-bond donors (Lipinski definition) is 1. The number of benzene rings is 2. The fraction of sp³-hybridized carbons (Fsp3) is 0.318. The van der Waals surface area contributed by atoms with Crippen LogP contribution in [0.25, 0.3) is 0 Å². The van der Waals surface area contributed by atoms with E-state index in [2.05, 4.69) is 26.5 Å². The summed E-state index contributed by atoms with van der Waals surface area (Å²) in [6.07, 6.45) is 0. The number of halogens is 1. The van der Waals surface area contributed by atoms with E-state index in [1.807, 2.05) is 4.90 Å². The lowest BCUT2D eigenvalue weighted by molar-refractivity contribution is -0.131. The van der Waals surface area contributed by atoms with Gasteiger partial charge in [-0.25, -0.2) is 13.8 Å². The monoisotopic (exact) mass is 536 g/mol. The molecule has 1 N–H and O–H groups in total. The Labute approximate surface area is 201 Å². The molecule has 1 heterocycles. The van der Waals surface area contributed by atoms with E-state index >= 15 is 0 Å². The molecule has 0 bridgehead atoms. The van der Waals surface area contributed by atoms with Gasteiger partial charge in [-0.3, -0.25) is 14.5 Å². The smallest absolute Gasteiger partial charge is 0.308 e. The number of sulfonamides is 1. The van der Waals surface area contributed by atoms with Crippen molar-refractivity contribution in [2.75, 3.05) is 32.7 Å². The molecular formula is C22H25BrN4O5S. The summed E-state index contributed by atoms with van der Waals surface area (Å²) in [6.45, 7) is 4.72. The summed E-state index contributed by atoms with van der Waals surface area (Å²) in [5, 5.41) is 4.12. The number of carbonyl (C=O) groups excluding carboxylic acids is 2. The molecule has 1 amide bonds. The second-order valence-electron chi connectivity index (χ2n) is 7.48. The van der Waals surface area contributed by atoms with E-state index in [-0.39, 0.29) is 17.3 Å². The summed E-state index contributed by atoms with van der Waals surface area (Å²) in [7, 11) is -3.56. The van der Waals surface area contributed by atoms with Crippen molar-refractivity contribution in [2.45, 2.75) is 18.7 Å². The molecule has 176 valence electrons. The van der Waals surface area contributed by atoms with Crippen LogP contribution >= 0.6 is 15.9 Å². The second-order valence-corrected chi connectivity index (χ2v) is 10.3. The van der Waals surface area contributed by atoms with Crippen molar-refractivity contribution in [3.05, 3.63) is 58.6 Å². The molecule has 0 spiro atoms. The second kappa shape index (κ2) is 11.0. The number of piperazine rings is 1. The normalized spacial score (nSPS) is 15.8. The highest BCUT2D eigenvalue weighted by Gasteiger charge is 2.29. The molecule has 0 unspecified atom stereocenters. The van der Waals surface area contributed by atoms with Gasteiger partial charge in [-0.1, -0.05) is 15.9 Å². The maximum atomic E-state index is 12.8. The number of ether oxygens (including phenoxy) is 1. The number of hydrogen-bond acceptors (Lipinski definition) is 7. The van der Waals surface area contributed by atoms with Crippen molar-refractivity contribution in [3.63, 3.8) is 0 Å². The average molecular weight is 537 g/mol. The first-order valence-corrected chi connectivity index (χ1v) is 12.5. The van der Waals surface area contributed by atoms with Gasteiger partial charge in [-0.15, -0.1) is 0 Å². The predicted octanol–water partition coefficient (Wildman–Crippen LogP) is 2.22. The van der Waals surface area contributed by atoms with Crippen LogP contribution in [0.3, 0.4) is 0 Å². The van der Waals surface area contributed by atoms with Crippen LogP contribution in [-0.2, 0) is 19.6 Å². The zero-order valence-corrected chi connectivity index (χ0v) is 20.7. The zero-order chi connectivity index (χ0) is 24.0. The van der Waals surface area contributed by atoms with Gasteiger partial charge in [-0.2, -0.15) is 9.41 Å². The van der Waals surface area contributed by atoms with E-state index in [0.29, 0.717) is 37.6 Å². The fourth-order valence-corrected chi connectivity index (χ4v) is 4.95. The number of rotatable bonds is 7. The van der Waals surface area contributed by atoms with Crippen LogP contribution in [0.4, 0.5) is 0 Å². The first kappa shape index (κ1) is 25.0. The molecule has 1 aliphatic heterocycles. The van der Waals surface area contributed by atoms with Crippen molar-refractivity contribution < 1.29 is 22.7 Å². The molecule has 11 heteroatoms. The maximum Gasteiger partial charge on any atom is 0.308 e. The Kier molecular flexibility index (Phi) is 8.35. The van der Waals surface area contributed by atoms with E-state index in [4.69, 9.17) is 4.74 Å². The zero-order valence-electron chi connectivity index (χ0n) is 18.3. The molecule has 1 saturated heterocycles. The number of hydrazone groups is 1. The van der Waals surface area contributed by atoms with Gasteiger partial charge in [0.2, 0.25) is 10.0 Å². The minimum Gasteiger partial charge on any atom is -0.427 e. The van der Waals surface area contributed by atoms with E-state index in [1.165, 1.54) is 11.2 Å². The van der Waals surface area contributed by atoms with Gasteiger partial charge in [0.1, 0.15) is 5.75 Å². The third-order valence-electron chi connectivity index (χ3n) is 5.03. The average Bonchev–Trinajstić information content (AvgIpc) is 2.78. The van der Waals surface area contributed by atoms with Gasteiger partial charge in [0, 0.05) is 37.6 Å². The summed E-state index contributed by atoms with van der Waals surface area (Å²) < 4.78 is 32.8. The Morgan fingerprint density at radius 2 is 1.61 bits per heavy atom.